The number of carbonyl (C=O) groups is 4. The van der Waals surface area contributed by atoms with Gasteiger partial charge in [-0.2, -0.15) is 27.2 Å². The number of anilines is 4. The van der Waals surface area contributed by atoms with Crippen molar-refractivity contribution in [3.8, 4) is 44.9 Å². The summed E-state index contributed by atoms with van der Waals surface area (Å²) >= 11 is 0. The maximum absolute atomic E-state index is 13.4. The van der Waals surface area contributed by atoms with Gasteiger partial charge >= 0.3 is 46.9 Å². The highest BCUT2D eigenvalue weighted by Gasteiger charge is 2.50. The molecular formula is C82H98N16O36P6. The molecule has 4 aromatic heterocycles. The molecule has 0 radical (unpaired) electrons. The number of aromatic nitrogens is 8. The Hall–Kier alpha value is -11.4. The van der Waals surface area contributed by atoms with Crippen molar-refractivity contribution < 1.29 is 160 Å². The molecule has 2 fully saturated rings. The molecule has 4 aliphatic heterocycles. The smallest absolute Gasteiger partial charge is 0.490 e. The van der Waals surface area contributed by atoms with Crippen molar-refractivity contribution >= 4 is 138 Å². The highest BCUT2D eigenvalue weighted by molar-refractivity contribution is 7.67. The van der Waals surface area contributed by atoms with Crippen LogP contribution in [0.4, 0.5) is 23.3 Å². The number of aromatic carboxylic acids is 2. The average Bonchev–Trinajstić information content (AvgIpc) is 1.23. The third-order valence-corrected chi connectivity index (χ3v) is 30.5. The van der Waals surface area contributed by atoms with Crippen LogP contribution in [-0.4, -0.2) is 245 Å². The number of phosphoric ester groups is 4. The molecule has 8 heterocycles. The Labute approximate surface area is 791 Å². The number of ether oxygens (including phenoxy) is 2. The number of aliphatic hydroxyl groups is 4. The molecular weight excluding hydrogens is 1970 g/mol. The Morgan fingerprint density at radius 1 is 0.464 bits per heavy atom. The molecule has 18 N–H and O–H groups in total. The fourth-order valence-corrected chi connectivity index (χ4v) is 22.2. The van der Waals surface area contributed by atoms with Crippen molar-refractivity contribution in [1.82, 2.24) is 58.8 Å². The van der Waals surface area contributed by atoms with E-state index in [1.54, 1.807) is 6.07 Å². The monoisotopic (exact) mass is 2070 g/mol. The van der Waals surface area contributed by atoms with Gasteiger partial charge in [0.25, 0.3) is 22.9 Å². The number of nitrogens with zero attached hydrogens (tertiary/aromatic N) is 10. The Bertz CT molecular complexity index is 7260. The molecule has 2 amide bonds. The summed E-state index contributed by atoms with van der Waals surface area (Å²) in [6.45, 7) is -2.70. The normalized spacial score (nSPS) is 19.7. The second kappa shape index (κ2) is 43.6. The first kappa shape index (κ1) is 106. The summed E-state index contributed by atoms with van der Waals surface area (Å²) in [5.74, 6) is -3.54. The standard InChI is InChI=1S/2C41H49N8O18P3/c1-47(2)23-10-13-26-29(18-23)64-30-19-24(48(3)4)11-14-27(30)32(26)28-17-22(9-12-25(28)40(54)55)37(52)43-15-7-5-6-8-16-62-68(56,57)66-70(60,61)67-69(58,59)63-20-31-34(50)35(51)39(65-31)49-21-44-33-36(49)45-41(42)46-38(33)53;1-47(2)23-10-13-26-29(18-23)64-30-19-24(48(3)4)11-14-27(30)32(26)25-12-9-22(17-28(25)40(54)55)37(52)43-15-7-5-6-8-16-62-68(56,57)66-70(60,61)67-69(58,59)63-20-31-34(50)35(51)39(65-31)49-21-44-33-36(49)45-41(42)46-38(33)53/h2*9-14,17-19,21,31,34-35,39,50-51H,5-8,15-16,20H2,1-4H3,(H7-,42,43,45,46,52,53,54,55,56,57,58,59,60,61)/t2*31-,34-,35-,39-/m11/s1. The number of fused-ring (bicyclic) bond motifs is 6. The number of aliphatic hydroxyl groups excluding tert-OH is 4. The van der Waals surface area contributed by atoms with E-state index < -0.39 is 157 Å². The van der Waals surface area contributed by atoms with Gasteiger partial charge in [0.2, 0.25) is 22.6 Å². The average molecular weight is 2070 g/mol. The van der Waals surface area contributed by atoms with Crippen LogP contribution < -0.4 is 73.1 Å². The van der Waals surface area contributed by atoms with Crippen molar-refractivity contribution in [3.63, 3.8) is 0 Å². The molecule has 0 bridgehead atoms. The van der Waals surface area contributed by atoms with Gasteiger partial charge in [0, 0.05) is 132 Å². The van der Waals surface area contributed by atoms with Crippen LogP contribution in [0.2, 0.25) is 0 Å². The van der Waals surface area contributed by atoms with E-state index in [1.807, 2.05) is 148 Å². The highest BCUT2D eigenvalue weighted by Crippen LogP contribution is 2.69. The number of unbranched alkanes of at least 4 members (excludes halogenated alkanes) is 6. The maximum Gasteiger partial charge on any atom is 0.490 e. The molecule has 752 valence electrons. The van der Waals surface area contributed by atoms with Crippen molar-refractivity contribution in [2.45, 2.75) is 100 Å². The molecule has 2 saturated heterocycles. The first-order chi connectivity index (χ1) is 65.9. The summed E-state index contributed by atoms with van der Waals surface area (Å²) in [6, 6.07) is 30.8. The number of carbonyl (C=O) groups excluding carboxylic acids is 4. The van der Waals surface area contributed by atoms with Crippen LogP contribution in [0, 0.1) is 0 Å². The number of hydrogen-bond donors (Lipinski definition) is 16. The number of rotatable bonds is 40. The third-order valence-electron chi connectivity index (χ3n) is 22.0. The lowest BCUT2D eigenvalue weighted by molar-refractivity contribution is -0.256. The van der Waals surface area contributed by atoms with Gasteiger partial charge in [0.1, 0.15) is 87.5 Å². The van der Waals surface area contributed by atoms with E-state index in [1.165, 1.54) is 30.3 Å². The number of nitrogen functional groups attached to an aromatic ring is 2. The number of imidazole rings is 2. The van der Waals surface area contributed by atoms with Crippen molar-refractivity contribution in [3.05, 3.63) is 176 Å². The largest absolute Gasteiger partial charge is 0.545 e. The van der Waals surface area contributed by atoms with Crippen LogP contribution in [0.1, 0.15) is 105 Å². The number of nitrogens with two attached hydrogens (primary N) is 2. The number of carboxylic acid groups (broad SMARTS) is 2. The molecule has 6 unspecified atom stereocenters. The van der Waals surface area contributed by atoms with Gasteiger partial charge in [-0.15, -0.1) is 0 Å². The van der Waals surface area contributed by atoms with E-state index in [0.717, 1.165) is 43.9 Å². The highest BCUT2D eigenvalue weighted by atomic mass is 31.3. The fourth-order valence-electron chi connectivity index (χ4n) is 15.1. The van der Waals surface area contributed by atoms with Crippen LogP contribution in [-0.2, 0) is 72.2 Å². The van der Waals surface area contributed by atoms with Crippen molar-refractivity contribution in [2.24, 2.45) is 0 Å². The maximum atomic E-state index is 13.4. The number of H-pyrrole nitrogens is 2. The van der Waals surface area contributed by atoms with E-state index >= 15 is 0 Å². The summed E-state index contributed by atoms with van der Waals surface area (Å²) < 4.78 is 140. The van der Waals surface area contributed by atoms with E-state index in [-0.39, 0.29) is 88.0 Å². The third kappa shape index (κ3) is 25.4. The van der Waals surface area contributed by atoms with Gasteiger partial charge in [-0.25, -0.2) is 46.5 Å². The Morgan fingerprint density at radius 3 is 1.24 bits per heavy atom. The summed E-state index contributed by atoms with van der Waals surface area (Å²) in [5, 5.41) is 75.8. The number of benzene rings is 6. The van der Waals surface area contributed by atoms with Gasteiger partial charge in [0.05, 0.1) is 63.2 Å². The SMILES string of the molecule is CN(C)c1ccc2c(-c3cc(C(=O)NCCCCCCOP(=O)(O)OP(=O)(O)OP(=O)(O)OC[C@H]4O[C@@H](n5cnc6c(=O)[nH]c(N)nc65)[C@H](O)[C@@H]4O)ccc3C(=O)[O-])c3ccc(=[N+](C)C)cc-3oc2c1.CN(C)c1ccc2c(-c3ccc(C(=O)NCCCCCCOP(=O)(O)OP(=O)(O)OP(=O)(O)OC[C@H]4O[C@@H](n5cnc6c(=O)[nH]c(N)nc65)[C@H](O)[C@@H]4O)cc3C(=O)[O-])c3ccc(=[N+](C)C)cc-3oc2c1. The molecule has 8 aromatic rings. The first-order valence-corrected chi connectivity index (χ1v) is 51.4. The molecule has 4 aromatic carbocycles. The van der Waals surface area contributed by atoms with E-state index in [4.69, 9.17) is 38.8 Å². The van der Waals surface area contributed by atoms with Gasteiger partial charge in [0.15, 0.2) is 34.8 Å². The summed E-state index contributed by atoms with van der Waals surface area (Å²) in [4.78, 5) is 160. The molecule has 0 saturated carbocycles. The van der Waals surface area contributed by atoms with Crippen LogP contribution in [0.15, 0.2) is 140 Å². The van der Waals surface area contributed by atoms with Crippen molar-refractivity contribution in [2.75, 3.05) is 117 Å². The van der Waals surface area contributed by atoms with Crippen molar-refractivity contribution in [1.29, 1.82) is 0 Å². The fraction of sp³-hybridized carbons (Fsp3) is 0.366. The minimum absolute atomic E-state index is 0.0727. The second-order valence-electron chi connectivity index (χ2n) is 32.7. The summed E-state index contributed by atoms with van der Waals surface area (Å²) in [5.41, 5.74) is 14.7. The van der Waals surface area contributed by atoms with E-state index in [2.05, 4.69) is 66.8 Å². The Kier molecular flexibility index (Phi) is 33.0. The molecule has 140 heavy (non-hydrogen) atoms. The van der Waals surface area contributed by atoms with Crippen LogP contribution >= 0.6 is 46.9 Å². The molecule has 2 aliphatic carbocycles. The number of carboxylic acids is 2. The topological polar surface area (TPSA) is 753 Å². The zero-order valence-corrected chi connectivity index (χ0v) is 80.8. The number of phosphoric acid groups is 6. The molecule has 14 rings (SSSR count). The lowest BCUT2D eigenvalue weighted by atomic mass is 9.89. The van der Waals surface area contributed by atoms with Crippen LogP contribution in [0.5, 0.6) is 0 Å². The predicted molar refractivity (Wildman–Crippen MR) is 494 cm³/mol. The summed E-state index contributed by atoms with van der Waals surface area (Å²) in [6.07, 6.45) is -8.27. The quantitative estimate of drug-likeness (QED) is 0.0113. The number of aromatic amines is 2. The number of nitrogens with one attached hydrogen (secondary N) is 4. The van der Waals surface area contributed by atoms with E-state index in [0.29, 0.717) is 99.8 Å². The van der Waals surface area contributed by atoms with Gasteiger partial charge in [-0.05, 0) is 97.5 Å². The van der Waals surface area contributed by atoms with Crippen LogP contribution in [0.3, 0.4) is 0 Å². The van der Waals surface area contributed by atoms with E-state index in [9.17, 15) is 116 Å². The molecule has 52 nitrogen and oxygen atoms in total. The molecule has 0 spiro atoms. The van der Waals surface area contributed by atoms with Crippen LogP contribution in [0.25, 0.3) is 89.2 Å². The minimum atomic E-state index is -5.85. The molecule has 58 heteroatoms. The number of hydrogen-bond acceptors (Lipinski definition) is 38. The zero-order valence-electron chi connectivity index (χ0n) is 75.5. The minimum Gasteiger partial charge on any atom is -0.545 e. The lowest BCUT2D eigenvalue weighted by Gasteiger charge is -2.20. The Morgan fingerprint density at radius 2 is 0.843 bits per heavy atom. The van der Waals surface area contributed by atoms with Gasteiger partial charge in [-0.1, -0.05) is 37.8 Å². The number of amides is 2. The first-order valence-electron chi connectivity index (χ1n) is 42.4. The summed E-state index contributed by atoms with van der Waals surface area (Å²) in [7, 11) is -18.6. The predicted octanol–water partition coefficient (Wildman–Crippen LogP) is 3.32. The second-order valence-corrected chi connectivity index (χ2v) is 42.0. The molecule has 6 aliphatic rings. The zero-order chi connectivity index (χ0) is 102. The van der Waals surface area contributed by atoms with Gasteiger partial charge < -0.3 is 120 Å². The lowest BCUT2D eigenvalue weighted by Crippen LogP contribution is -2.33. The molecule has 14 atom stereocenters. The Balaban J connectivity index is 0.000000236. The van der Waals surface area contributed by atoms with Gasteiger partial charge in [-0.3, -0.25) is 56.4 Å².